The third kappa shape index (κ3) is 4.17. The molecule has 0 bridgehead atoms. The molecular formula is C17H17ClFN3O3. The number of esters is 1. The van der Waals surface area contributed by atoms with Crippen LogP contribution < -0.4 is 5.32 Å². The van der Waals surface area contributed by atoms with Crippen LogP contribution >= 0.6 is 11.6 Å². The van der Waals surface area contributed by atoms with Gasteiger partial charge in [0, 0.05) is 11.1 Å². The number of carbonyl (C=O) groups is 2. The minimum absolute atomic E-state index is 0.207. The summed E-state index contributed by atoms with van der Waals surface area (Å²) in [5.41, 5.74) is -0.309. The second kappa shape index (κ2) is 7.65. The highest BCUT2D eigenvalue weighted by Gasteiger charge is 2.21. The summed E-state index contributed by atoms with van der Waals surface area (Å²) in [5.74, 6) is -1.66. The van der Waals surface area contributed by atoms with Crippen molar-refractivity contribution >= 4 is 29.3 Å². The topological polar surface area (TPSA) is 73.2 Å². The number of hydrogen-bond acceptors (Lipinski definition) is 4. The van der Waals surface area contributed by atoms with Crippen molar-refractivity contribution in [2.75, 3.05) is 11.9 Å². The van der Waals surface area contributed by atoms with Gasteiger partial charge in [0.2, 0.25) is 0 Å². The Morgan fingerprint density at radius 1 is 1.32 bits per heavy atom. The van der Waals surface area contributed by atoms with E-state index in [1.165, 1.54) is 6.07 Å². The Balaban J connectivity index is 1.57. The molecule has 1 aliphatic rings. The molecule has 25 heavy (non-hydrogen) atoms. The number of anilines is 1. The van der Waals surface area contributed by atoms with Gasteiger partial charge in [-0.15, -0.1) is 0 Å². The van der Waals surface area contributed by atoms with Gasteiger partial charge >= 0.3 is 5.97 Å². The minimum Gasteiger partial charge on any atom is -0.452 e. The Labute approximate surface area is 148 Å². The predicted molar refractivity (Wildman–Crippen MR) is 90.1 cm³/mol. The van der Waals surface area contributed by atoms with Crippen LogP contribution in [0.4, 0.5) is 10.2 Å². The number of nitrogens with one attached hydrogen (secondary N) is 1. The van der Waals surface area contributed by atoms with E-state index in [4.69, 9.17) is 16.3 Å². The number of benzene rings is 1. The SMILES string of the molecule is O=C(COC(=O)c1cc(Cl)ccc1F)Nc1ccnn1C1CCCC1. The van der Waals surface area contributed by atoms with E-state index in [0.29, 0.717) is 5.82 Å². The lowest BCUT2D eigenvalue weighted by atomic mass is 10.2. The van der Waals surface area contributed by atoms with Crippen molar-refractivity contribution < 1.29 is 18.7 Å². The van der Waals surface area contributed by atoms with E-state index in [1.54, 1.807) is 16.9 Å². The van der Waals surface area contributed by atoms with E-state index in [1.807, 2.05) is 0 Å². The Morgan fingerprint density at radius 3 is 2.84 bits per heavy atom. The second-order valence-electron chi connectivity index (χ2n) is 5.85. The van der Waals surface area contributed by atoms with Gasteiger partial charge in [-0.3, -0.25) is 4.79 Å². The van der Waals surface area contributed by atoms with Gasteiger partial charge in [0.15, 0.2) is 6.61 Å². The average molecular weight is 366 g/mol. The molecule has 8 heteroatoms. The van der Waals surface area contributed by atoms with Gasteiger partial charge in [-0.25, -0.2) is 13.9 Å². The molecule has 1 aliphatic carbocycles. The molecule has 6 nitrogen and oxygen atoms in total. The van der Waals surface area contributed by atoms with Gasteiger partial charge < -0.3 is 10.1 Å². The van der Waals surface area contributed by atoms with Crippen LogP contribution in [0, 0.1) is 5.82 Å². The lowest BCUT2D eigenvalue weighted by Gasteiger charge is -2.14. The molecule has 1 heterocycles. The molecule has 132 valence electrons. The monoisotopic (exact) mass is 365 g/mol. The van der Waals surface area contributed by atoms with Crippen LogP contribution in [-0.4, -0.2) is 28.3 Å². The molecule has 3 rings (SSSR count). The number of amides is 1. The van der Waals surface area contributed by atoms with Crippen molar-refractivity contribution in [3.8, 4) is 0 Å². The van der Waals surface area contributed by atoms with Crippen molar-refractivity contribution in [2.45, 2.75) is 31.7 Å². The van der Waals surface area contributed by atoms with E-state index in [0.717, 1.165) is 37.8 Å². The van der Waals surface area contributed by atoms with Gasteiger partial charge in [0.1, 0.15) is 11.6 Å². The predicted octanol–water partition coefficient (Wildman–Crippen LogP) is 3.59. The van der Waals surface area contributed by atoms with Crippen LogP contribution in [-0.2, 0) is 9.53 Å². The van der Waals surface area contributed by atoms with Crippen molar-refractivity contribution in [1.82, 2.24) is 9.78 Å². The largest absolute Gasteiger partial charge is 0.452 e. The molecule has 1 fully saturated rings. The zero-order valence-corrected chi connectivity index (χ0v) is 14.1. The maximum atomic E-state index is 13.6. The lowest BCUT2D eigenvalue weighted by Crippen LogP contribution is -2.23. The number of rotatable bonds is 5. The molecule has 1 saturated carbocycles. The lowest BCUT2D eigenvalue weighted by molar-refractivity contribution is -0.119. The first kappa shape index (κ1) is 17.4. The van der Waals surface area contributed by atoms with E-state index in [2.05, 4.69) is 10.4 Å². The van der Waals surface area contributed by atoms with Gasteiger partial charge in [0.05, 0.1) is 17.8 Å². The van der Waals surface area contributed by atoms with Crippen molar-refractivity contribution in [3.05, 3.63) is 46.9 Å². The van der Waals surface area contributed by atoms with Gasteiger partial charge in [-0.2, -0.15) is 5.10 Å². The summed E-state index contributed by atoms with van der Waals surface area (Å²) >= 11 is 5.73. The van der Waals surface area contributed by atoms with Crippen LogP contribution in [0.25, 0.3) is 0 Å². The molecule has 0 unspecified atom stereocenters. The second-order valence-corrected chi connectivity index (χ2v) is 6.28. The fourth-order valence-electron chi connectivity index (χ4n) is 2.89. The highest BCUT2D eigenvalue weighted by Crippen LogP contribution is 2.31. The molecule has 0 aliphatic heterocycles. The Morgan fingerprint density at radius 2 is 2.08 bits per heavy atom. The fourth-order valence-corrected chi connectivity index (χ4v) is 3.07. The highest BCUT2D eigenvalue weighted by molar-refractivity contribution is 6.30. The number of ether oxygens (including phenoxy) is 1. The summed E-state index contributed by atoms with van der Waals surface area (Å²) in [5, 5.41) is 7.12. The third-order valence-electron chi connectivity index (χ3n) is 4.09. The average Bonchev–Trinajstić information content (AvgIpc) is 3.26. The molecule has 0 saturated heterocycles. The first-order chi connectivity index (χ1) is 12.0. The molecule has 2 aromatic rings. The zero-order chi connectivity index (χ0) is 17.8. The molecule has 1 N–H and O–H groups in total. The zero-order valence-electron chi connectivity index (χ0n) is 13.4. The summed E-state index contributed by atoms with van der Waals surface area (Å²) in [6, 6.07) is 5.51. The Kier molecular flexibility index (Phi) is 5.33. The number of halogens is 2. The van der Waals surface area contributed by atoms with E-state index in [9.17, 15) is 14.0 Å². The summed E-state index contributed by atoms with van der Waals surface area (Å²) in [6.07, 6.45) is 5.93. The molecule has 1 aromatic heterocycles. The van der Waals surface area contributed by atoms with Gasteiger partial charge in [-0.1, -0.05) is 24.4 Å². The molecule has 0 radical (unpaired) electrons. The van der Waals surface area contributed by atoms with Crippen molar-refractivity contribution in [3.63, 3.8) is 0 Å². The number of hydrogen-bond donors (Lipinski definition) is 1. The molecular weight excluding hydrogens is 349 g/mol. The summed E-state index contributed by atoms with van der Waals surface area (Å²) in [6.45, 7) is -0.527. The molecule has 1 aromatic carbocycles. The molecule has 0 spiro atoms. The van der Waals surface area contributed by atoms with Gasteiger partial charge in [0.25, 0.3) is 5.91 Å². The summed E-state index contributed by atoms with van der Waals surface area (Å²) in [4.78, 5) is 23.9. The Hall–Kier alpha value is -2.41. The molecule has 1 amide bonds. The number of carbonyl (C=O) groups excluding carboxylic acids is 2. The quantitative estimate of drug-likeness (QED) is 0.822. The van der Waals surface area contributed by atoms with Crippen LogP contribution in [0.5, 0.6) is 0 Å². The summed E-state index contributed by atoms with van der Waals surface area (Å²) in [7, 11) is 0. The van der Waals surface area contributed by atoms with Crippen molar-refractivity contribution in [2.24, 2.45) is 0 Å². The first-order valence-corrected chi connectivity index (χ1v) is 8.38. The first-order valence-electron chi connectivity index (χ1n) is 8.00. The van der Waals surface area contributed by atoms with Crippen LogP contribution in [0.15, 0.2) is 30.5 Å². The van der Waals surface area contributed by atoms with Crippen molar-refractivity contribution in [1.29, 1.82) is 0 Å². The number of nitrogens with zero attached hydrogens (tertiary/aromatic N) is 2. The van der Waals surface area contributed by atoms with E-state index >= 15 is 0 Å². The Bertz CT molecular complexity index is 787. The smallest absolute Gasteiger partial charge is 0.341 e. The maximum absolute atomic E-state index is 13.6. The van der Waals surface area contributed by atoms with E-state index in [-0.39, 0.29) is 16.6 Å². The van der Waals surface area contributed by atoms with Crippen LogP contribution in [0.1, 0.15) is 42.1 Å². The summed E-state index contributed by atoms with van der Waals surface area (Å²) < 4.78 is 20.2. The highest BCUT2D eigenvalue weighted by atomic mass is 35.5. The normalized spacial score (nSPS) is 14.5. The standard InChI is InChI=1S/C17H17ClFN3O3/c18-11-5-6-14(19)13(9-11)17(24)25-10-16(23)21-15-7-8-20-22(15)12-3-1-2-4-12/h5-9,12H,1-4,10H2,(H,21,23). The third-order valence-corrected chi connectivity index (χ3v) is 4.33. The number of aromatic nitrogens is 2. The van der Waals surface area contributed by atoms with Gasteiger partial charge in [-0.05, 0) is 31.0 Å². The fraction of sp³-hybridized carbons (Fsp3) is 0.353. The maximum Gasteiger partial charge on any atom is 0.341 e. The minimum atomic E-state index is -0.945. The van der Waals surface area contributed by atoms with E-state index < -0.39 is 24.3 Å². The van der Waals surface area contributed by atoms with Crippen LogP contribution in [0.2, 0.25) is 5.02 Å². The van der Waals surface area contributed by atoms with Crippen LogP contribution in [0.3, 0.4) is 0 Å². The molecule has 0 atom stereocenters.